The summed E-state index contributed by atoms with van der Waals surface area (Å²) < 4.78 is 26.3. The van der Waals surface area contributed by atoms with E-state index >= 15 is 0 Å². The van der Waals surface area contributed by atoms with Gasteiger partial charge in [-0.3, -0.25) is 0 Å². The number of aryl methyl sites for hydroxylation is 1. The summed E-state index contributed by atoms with van der Waals surface area (Å²) in [6.07, 6.45) is 0.525. The van der Waals surface area contributed by atoms with E-state index in [1.165, 1.54) is 12.1 Å². The molecule has 7 heteroatoms. The minimum absolute atomic E-state index is 0.0144. The van der Waals surface area contributed by atoms with Crippen LogP contribution in [0.5, 0.6) is 0 Å². The maximum Gasteiger partial charge on any atom is 0.335 e. The van der Waals surface area contributed by atoms with Gasteiger partial charge in [0.2, 0.25) is 10.0 Å². The number of rotatable bonds is 6. The maximum atomic E-state index is 12.0. The lowest BCUT2D eigenvalue weighted by Gasteiger charge is -2.09. The monoisotopic (exact) mass is 272 g/mol. The van der Waals surface area contributed by atoms with Crippen LogP contribution in [0.3, 0.4) is 0 Å². The highest BCUT2D eigenvalue weighted by Crippen LogP contribution is 2.17. The number of benzene rings is 1. The smallest absolute Gasteiger partial charge is 0.335 e. The van der Waals surface area contributed by atoms with Gasteiger partial charge in [-0.1, -0.05) is 6.07 Å². The van der Waals surface area contributed by atoms with E-state index in [-0.39, 0.29) is 17.0 Å². The Hall–Kier alpha value is -1.44. The molecular weight excluding hydrogens is 256 g/mol. The lowest BCUT2D eigenvalue weighted by Crippen LogP contribution is -2.27. The quantitative estimate of drug-likeness (QED) is 0.646. The number of hydrogen-bond acceptors (Lipinski definition) is 4. The Morgan fingerprint density at radius 3 is 2.67 bits per heavy atom. The topological polar surface area (TPSA) is 109 Å². The normalized spacial score (nSPS) is 11.4. The van der Waals surface area contributed by atoms with Gasteiger partial charge in [0.05, 0.1) is 10.5 Å². The first-order valence-corrected chi connectivity index (χ1v) is 6.90. The highest BCUT2D eigenvalue weighted by Gasteiger charge is 2.18. The molecule has 4 N–H and O–H groups in total. The number of hydrogen-bond donors (Lipinski definition) is 3. The third kappa shape index (κ3) is 3.52. The summed E-state index contributed by atoms with van der Waals surface area (Å²) in [5.74, 6) is -1.16. The fourth-order valence-corrected chi connectivity index (χ4v) is 2.75. The molecular formula is C11H16N2O4S. The summed E-state index contributed by atoms with van der Waals surface area (Å²) in [6, 6.07) is 4.00. The Morgan fingerprint density at radius 1 is 1.44 bits per heavy atom. The second-order valence-corrected chi connectivity index (χ2v) is 5.56. The number of nitrogens with two attached hydrogens (primary N) is 1. The van der Waals surface area contributed by atoms with Crippen LogP contribution in [0.15, 0.2) is 23.1 Å². The van der Waals surface area contributed by atoms with E-state index in [0.29, 0.717) is 18.5 Å². The fourth-order valence-electron chi connectivity index (χ4n) is 1.41. The van der Waals surface area contributed by atoms with Crippen LogP contribution in [0.4, 0.5) is 0 Å². The molecule has 0 aliphatic heterocycles. The minimum Gasteiger partial charge on any atom is -0.478 e. The first-order chi connectivity index (χ1) is 8.38. The number of carboxylic acid groups (broad SMARTS) is 1. The molecule has 0 saturated heterocycles. The molecule has 0 aromatic heterocycles. The van der Waals surface area contributed by atoms with Crippen molar-refractivity contribution in [3.05, 3.63) is 29.3 Å². The van der Waals surface area contributed by atoms with Crippen LogP contribution in [0.2, 0.25) is 0 Å². The fraction of sp³-hybridized carbons (Fsp3) is 0.364. The zero-order valence-corrected chi connectivity index (χ0v) is 10.8. The number of carboxylic acids is 1. The Labute approximate surface area is 106 Å². The molecule has 0 amide bonds. The largest absolute Gasteiger partial charge is 0.478 e. The molecule has 0 heterocycles. The van der Waals surface area contributed by atoms with Gasteiger partial charge in [-0.15, -0.1) is 0 Å². The van der Waals surface area contributed by atoms with Gasteiger partial charge in [-0.25, -0.2) is 17.9 Å². The molecule has 0 fully saturated rings. The van der Waals surface area contributed by atoms with E-state index in [2.05, 4.69) is 4.72 Å². The molecule has 1 aromatic rings. The average molecular weight is 272 g/mol. The Balaban J connectivity index is 3.07. The van der Waals surface area contributed by atoms with Crippen molar-refractivity contribution < 1.29 is 18.3 Å². The van der Waals surface area contributed by atoms with Crippen LogP contribution >= 0.6 is 0 Å². The van der Waals surface area contributed by atoms with Gasteiger partial charge in [0.15, 0.2) is 0 Å². The van der Waals surface area contributed by atoms with Crippen molar-refractivity contribution in [2.45, 2.75) is 18.2 Å². The number of sulfonamides is 1. The van der Waals surface area contributed by atoms with Gasteiger partial charge < -0.3 is 10.8 Å². The molecule has 0 aliphatic carbocycles. The van der Waals surface area contributed by atoms with Crippen molar-refractivity contribution in [1.29, 1.82) is 0 Å². The van der Waals surface area contributed by atoms with Gasteiger partial charge in [-0.2, -0.15) is 0 Å². The molecule has 0 spiro atoms. The molecule has 0 radical (unpaired) electrons. The standard InChI is InChI=1S/C11H16N2O4S/c1-8-3-4-9(11(14)15)7-10(8)18(16,17)13-6-2-5-12/h3-4,7,13H,2,5-6,12H2,1H3,(H,14,15). The Kier molecular flexibility index (Phi) is 4.83. The van der Waals surface area contributed by atoms with Crippen LogP contribution in [-0.2, 0) is 10.0 Å². The van der Waals surface area contributed by atoms with E-state index in [0.717, 1.165) is 6.07 Å². The van der Waals surface area contributed by atoms with Crippen molar-refractivity contribution in [3.63, 3.8) is 0 Å². The van der Waals surface area contributed by atoms with Crippen molar-refractivity contribution in [2.75, 3.05) is 13.1 Å². The second-order valence-electron chi connectivity index (χ2n) is 3.83. The number of carbonyl (C=O) groups is 1. The first-order valence-electron chi connectivity index (χ1n) is 5.42. The molecule has 0 atom stereocenters. The third-order valence-electron chi connectivity index (χ3n) is 2.40. The molecule has 6 nitrogen and oxygen atoms in total. The van der Waals surface area contributed by atoms with E-state index < -0.39 is 16.0 Å². The predicted octanol–water partition coefficient (Wildman–Crippen LogP) is 0.320. The van der Waals surface area contributed by atoms with E-state index in [1.807, 2.05) is 0 Å². The van der Waals surface area contributed by atoms with Crippen molar-refractivity contribution in [1.82, 2.24) is 4.72 Å². The summed E-state index contributed by atoms with van der Waals surface area (Å²) in [5.41, 5.74) is 5.72. The molecule has 18 heavy (non-hydrogen) atoms. The van der Waals surface area contributed by atoms with Gasteiger partial charge >= 0.3 is 5.97 Å². The van der Waals surface area contributed by atoms with Crippen LogP contribution in [0.1, 0.15) is 22.3 Å². The molecule has 0 aliphatic rings. The molecule has 1 rings (SSSR count). The highest BCUT2D eigenvalue weighted by molar-refractivity contribution is 7.89. The Bertz CT molecular complexity index is 540. The summed E-state index contributed by atoms with van der Waals surface area (Å²) in [6.45, 7) is 2.23. The summed E-state index contributed by atoms with van der Waals surface area (Å²) in [5, 5.41) is 8.85. The SMILES string of the molecule is Cc1ccc(C(=O)O)cc1S(=O)(=O)NCCCN. The van der Waals surface area contributed by atoms with E-state index in [4.69, 9.17) is 10.8 Å². The minimum atomic E-state index is -3.69. The molecule has 100 valence electrons. The maximum absolute atomic E-state index is 12.0. The summed E-state index contributed by atoms with van der Waals surface area (Å²) >= 11 is 0. The first kappa shape index (κ1) is 14.6. The zero-order chi connectivity index (χ0) is 13.8. The zero-order valence-electron chi connectivity index (χ0n) is 10.0. The summed E-state index contributed by atoms with van der Waals surface area (Å²) in [7, 11) is -3.69. The average Bonchev–Trinajstić information content (AvgIpc) is 2.29. The van der Waals surface area contributed by atoms with Crippen molar-refractivity contribution in [3.8, 4) is 0 Å². The lowest BCUT2D eigenvalue weighted by molar-refractivity contribution is 0.0696. The van der Waals surface area contributed by atoms with Crippen LogP contribution in [0.25, 0.3) is 0 Å². The third-order valence-corrected chi connectivity index (χ3v) is 4.00. The predicted molar refractivity (Wildman–Crippen MR) is 67.0 cm³/mol. The van der Waals surface area contributed by atoms with Crippen molar-refractivity contribution in [2.24, 2.45) is 5.73 Å². The number of aromatic carboxylic acids is 1. The lowest BCUT2D eigenvalue weighted by atomic mass is 10.1. The van der Waals surface area contributed by atoms with Gasteiger partial charge in [-0.05, 0) is 37.6 Å². The number of nitrogens with one attached hydrogen (secondary N) is 1. The Morgan fingerprint density at radius 2 is 2.11 bits per heavy atom. The van der Waals surface area contributed by atoms with Gasteiger partial charge in [0.25, 0.3) is 0 Å². The van der Waals surface area contributed by atoms with Crippen LogP contribution < -0.4 is 10.5 Å². The van der Waals surface area contributed by atoms with Crippen LogP contribution in [0, 0.1) is 6.92 Å². The van der Waals surface area contributed by atoms with Crippen LogP contribution in [-0.4, -0.2) is 32.6 Å². The summed E-state index contributed by atoms with van der Waals surface area (Å²) in [4.78, 5) is 10.8. The second kappa shape index (κ2) is 5.94. The van der Waals surface area contributed by atoms with E-state index in [9.17, 15) is 13.2 Å². The van der Waals surface area contributed by atoms with Gasteiger partial charge in [0.1, 0.15) is 0 Å². The molecule has 0 unspecified atom stereocenters. The van der Waals surface area contributed by atoms with E-state index in [1.54, 1.807) is 6.92 Å². The molecule has 1 aromatic carbocycles. The van der Waals surface area contributed by atoms with Crippen molar-refractivity contribution >= 4 is 16.0 Å². The molecule has 0 bridgehead atoms. The highest BCUT2D eigenvalue weighted by atomic mass is 32.2. The van der Waals surface area contributed by atoms with Gasteiger partial charge in [0, 0.05) is 6.54 Å². The molecule has 0 saturated carbocycles.